The first-order valence-electron chi connectivity index (χ1n) is 9.15. The molecule has 0 radical (unpaired) electrons. The molecule has 0 aliphatic rings. The molecule has 3 aromatic carbocycles. The summed E-state index contributed by atoms with van der Waals surface area (Å²) in [7, 11) is -4.25. The highest BCUT2D eigenvalue weighted by atomic mass is 32.2. The summed E-state index contributed by atoms with van der Waals surface area (Å²) in [5.41, 5.74) is 1.32. The Kier molecular flexibility index (Phi) is 7.25. The molecule has 3 rings (SSSR count). The van der Waals surface area contributed by atoms with Crippen LogP contribution in [-0.2, 0) is 21.2 Å². The quantitative estimate of drug-likeness (QED) is 0.514. The molecule has 3 aromatic rings. The minimum absolute atomic E-state index is 0.114. The molecule has 0 heterocycles. The molecule has 0 saturated carbocycles. The zero-order valence-corrected chi connectivity index (χ0v) is 17.8. The number of sulfonamides is 1. The Bertz CT molecular complexity index is 1120. The highest BCUT2D eigenvalue weighted by Crippen LogP contribution is 2.20. The SMILES string of the molecule is CSc1cccc(NC(=O)C(Cc2ccccc2)NS(=O)(=O)c2ccccc2F)c1. The van der Waals surface area contributed by atoms with Crippen LogP contribution in [0.5, 0.6) is 0 Å². The number of benzene rings is 3. The van der Waals surface area contributed by atoms with Gasteiger partial charge in [0.1, 0.15) is 16.8 Å². The van der Waals surface area contributed by atoms with Gasteiger partial charge in [-0.05, 0) is 48.6 Å². The summed E-state index contributed by atoms with van der Waals surface area (Å²) in [5.74, 6) is -1.41. The van der Waals surface area contributed by atoms with Gasteiger partial charge in [-0.1, -0.05) is 48.5 Å². The lowest BCUT2D eigenvalue weighted by Gasteiger charge is -2.19. The van der Waals surface area contributed by atoms with E-state index in [4.69, 9.17) is 0 Å². The second-order valence-electron chi connectivity index (χ2n) is 6.52. The summed E-state index contributed by atoms with van der Waals surface area (Å²) >= 11 is 1.53. The number of rotatable bonds is 8. The van der Waals surface area contributed by atoms with Crippen LogP contribution in [0.15, 0.2) is 88.7 Å². The molecule has 0 aliphatic carbocycles. The van der Waals surface area contributed by atoms with Gasteiger partial charge in [-0.25, -0.2) is 12.8 Å². The van der Waals surface area contributed by atoms with E-state index < -0.39 is 32.7 Å². The third-order valence-electron chi connectivity index (χ3n) is 4.36. The summed E-state index contributed by atoms with van der Waals surface area (Å²) in [6, 6.07) is 20.2. The van der Waals surface area contributed by atoms with E-state index in [2.05, 4.69) is 10.0 Å². The molecule has 0 aromatic heterocycles. The Morgan fingerprint density at radius 3 is 2.40 bits per heavy atom. The highest BCUT2D eigenvalue weighted by molar-refractivity contribution is 7.98. The molecule has 8 heteroatoms. The first-order chi connectivity index (χ1) is 14.4. The lowest BCUT2D eigenvalue weighted by Crippen LogP contribution is -2.45. The van der Waals surface area contributed by atoms with Crippen molar-refractivity contribution in [3.63, 3.8) is 0 Å². The van der Waals surface area contributed by atoms with Crippen molar-refractivity contribution in [2.45, 2.75) is 22.3 Å². The van der Waals surface area contributed by atoms with Crippen LogP contribution in [0.3, 0.4) is 0 Å². The maximum Gasteiger partial charge on any atom is 0.244 e. The Hall–Kier alpha value is -2.68. The van der Waals surface area contributed by atoms with Crippen molar-refractivity contribution >= 4 is 33.4 Å². The summed E-state index contributed by atoms with van der Waals surface area (Å²) in [6.45, 7) is 0. The predicted octanol–water partition coefficient (Wildman–Crippen LogP) is 4.08. The van der Waals surface area contributed by atoms with Crippen LogP contribution in [0, 0.1) is 5.82 Å². The second-order valence-corrected chi connectivity index (χ2v) is 9.08. The topological polar surface area (TPSA) is 75.3 Å². The average molecular weight is 445 g/mol. The first-order valence-corrected chi connectivity index (χ1v) is 11.9. The Balaban J connectivity index is 1.88. The van der Waals surface area contributed by atoms with E-state index in [-0.39, 0.29) is 6.42 Å². The minimum Gasteiger partial charge on any atom is -0.325 e. The molecule has 1 amide bonds. The number of carbonyl (C=O) groups excluding carboxylic acids is 1. The van der Waals surface area contributed by atoms with Crippen LogP contribution in [0.25, 0.3) is 0 Å². The number of thioether (sulfide) groups is 1. The van der Waals surface area contributed by atoms with Crippen molar-refractivity contribution in [1.82, 2.24) is 4.72 Å². The van der Waals surface area contributed by atoms with Gasteiger partial charge in [0.25, 0.3) is 0 Å². The fourth-order valence-electron chi connectivity index (χ4n) is 2.88. The van der Waals surface area contributed by atoms with E-state index in [1.165, 1.54) is 23.9 Å². The number of amides is 1. The number of hydrogen-bond donors (Lipinski definition) is 2. The molecular weight excluding hydrogens is 423 g/mol. The molecule has 0 bridgehead atoms. The normalized spacial score (nSPS) is 12.3. The zero-order valence-electron chi connectivity index (χ0n) is 16.2. The van der Waals surface area contributed by atoms with Crippen molar-refractivity contribution in [3.05, 3.63) is 90.2 Å². The van der Waals surface area contributed by atoms with E-state index >= 15 is 0 Å². The maximum absolute atomic E-state index is 14.1. The lowest BCUT2D eigenvalue weighted by atomic mass is 10.1. The van der Waals surface area contributed by atoms with Gasteiger partial charge in [0.2, 0.25) is 15.9 Å². The van der Waals surface area contributed by atoms with Gasteiger partial charge in [0.15, 0.2) is 0 Å². The summed E-state index contributed by atoms with van der Waals surface area (Å²) in [5, 5.41) is 2.75. The van der Waals surface area contributed by atoms with Crippen LogP contribution in [0.2, 0.25) is 0 Å². The molecule has 1 unspecified atom stereocenters. The third-order valence-corrected chi connectivity index (χ3v) is 6.59. The van der Waals surface area contributed by atoms with Crippen molar-refractivity contribution in [3.8, 4) is 0 Å². The van der Waals surface area contributed by atoms with Gasteiger partial charge >= 0.3 is 0 Å². The number of hydrogen-bond acceptors (Lipinski definition) is 4. The monoisotopic (exact) mass is 444 g/mol. The number of anilines is 1. The third kappa shape index (κ3) is 5.69. The van der Waals surface area contributed by atoms with Gasteiger partial charge in [0, 0.05) is 10.6 Å². The summed E-state index contributed by atoms with van der Waals surface area (Å²) < 4.78 is 42.0. The Labute approximate surface area is 179 Å². The maximum atomic E-state index is 14.1. The molecule has 5 nitrogen and oxygen atoms in total. The van der Waals surface area contributed by atoms with Crippen LogP contribution < -0.4 is 10.0 Å². The number of nitrogens with one attached hydrogen (secondary N) is 2. The van der Waals surface area contributed by atoms with Crippen molar-refractivity contribution < 1.29 is 17.6 Å². The molecular formula is C22H21FN2O3S2. The van der Waals surface area contributed by atoms with Gasteiger partial charge < -0.3 is 5.32 Å². The van der Waals surface area contributed by atoms with Gasteiger partial charge in [-0.2, -0.15) is 4.72 Å². The van der Waals surface area contributed by atoms with E-state index in [1.54, 1.807) is 42.5 Å². The fraction of sp³-hybridized carbons (Fsp3) is 0.136. The molecule has 30 heavy (non-hydrogen) atoms. The minimum atomic E-state index is -4.25. The molecule has 0 spiro atoms. The van der Waals surface area contributed by atoms with Crippen LogP contribution in [-0.4, -0.2) is 26.6 Å². The average Bonchev–Trinajstić information content (AvgIpc) is 2.74. The first kappa shape index (κ1) is 22.0. The number of carbonyl (C=O) groups is 1. The smallest absolute Gasteiger partial charge is 0.244 e. The molecule has 0 fully saturated rings. The lowest BCUT2D eigenvalue weighted by molar-refractivity contribution is -0.117. The molecule has 2 N–H and O–H groups in total. The zero-order chi connectivity index (χ0) is 21.6. The van der Waals surface area contributed by atoms with Gasteiger partial charge in [-0.3, -0.25) is 4.79 Å². The fourth-order valence-corrected chi connectivity index (χ4v) is 4.62. The standard InChI is InChI=1S/C22H21FN2O3S2/c1-29-18-11-7-10-17(15-18)24-22(26)20(14-16-8-3-2-4-9-16)25-30(27,28)21-13-6-5-12-19(21)23/h2-13,15,20,25H,14H2,1H3,(H,24,26). The highest BCUT2D eigenvalue weighted by Gasteiger charge is 2.28. The molecule has 0 saturated heterocycles. The van der Waals surface area contributed by atoms with Crippen molar-refractivity contribution in [1.29, 1.82) is 0 Å². The van der Waals surface area contributed by atoms with Crippen LogP contribution >= 0.6 is 11.8 Å². The predicted molar refractivity (Wildman–Crippen MR) is 118 cm³/mol. The van der Waals surface area contributed by atoms with Crippen LogP contribution in [0.4, 0.5) is 10.1 Å². The van der Waals surface area contributed by atoms with E-state index in [1.807, 2.05) is 18.4 Å². The van der Waals surface area contributed by atoms with Gasteiger partial charge in [-0.15, -0.1) is 11.8 Å². The largest absolute Gasteiger partial charge is 0.325 e. The molecule has 1 atom stereocenters. The Morgan fingerprint density at radius 1 is 1.00 bits per heavy atom. The van der Waals surface area contributed by atoms with Crippen molar-refractivity contribution in [2.24, 2.45) is 0 Å². The molecule has 156 valence electrons. The van der Waals surface area contributed by atoms with E-state index in [0.717, 1.165) is 22.6 Å². The summed E-state index contributed by atoms with van der Waals surface area (Å²) in [4.78, 5) is 13.4. The number of halogens is 1. The van der Waals surface area contributed by atoms with Gasteiger partial charge in [0.05, 0.1) is 0 Å². The van der Waals surface area contributed by atoms with Crippen molar-refractivity contribution in [2.75, 3.05) is 11.6 Å². The Morgan fingerprint density at radius 2 is 1.70 bits per heavy atom. The van der Waals surface area contributed by atoms with E-state index in [9.17, 15) is 17.6 Å². The summed E-state index contributed by atoms with van der Waals surface area (Å²) in [6.07, 6.45) is 2.03. The molecule has 0 aliphatic heterocycles. The van der Waals surface area contributed by atoms with E-state index in [0.29, 0.717) is 5.69 Å². The van der Waals surface area contributed by atoms with Crippen LogP contribution in [0.1, 0.15) is 5.56 Å². The second kappa shape index (κ2) is 9.88.